The molecule has 2 rings (SSSR count). The van der Waals surface area contributed by atoms with Crippen LogP contribution in [-0.2, 0) is 0 Å². The summed E-state index contributed by atoms with van der Waals surface area (Å²) in [7, 11) is 0. The van der Waals surface area contributed by atoms with Gasteiger partial charge in [-0.15, -0.1) is 11.3 Å². The van der Waals surface area contributed by atoms with E-state index < -0.39 is 0 Å². The molecule has 0 radical (unpaired) electrons. The minimum Gasteiger partial charge on any atom is -0.389 e. The Morgan fingerprint density at radius 1 is 1.37 bits per heavy atom. The molecule has 0 bridgehead atoms. The molecule has 0 spiro atoms. The van der Waals surface area contributed by atoms with E-state index in [1.165, 1.54) is 9.75 Å². The number of hydrogen-bond acceptors (Lipinski definition) is 3. The Hall–Kier alpha value is -0.910. The minimum atomic E-state index is 0.223. The number of hydrogen-bond donors (Lipinski definition) is 2. The molecular weight excluding hydrogens is 340 g/mol. The van der Waals surface area contributed by atoms with E-state index in [1.807, 2.05) is 18.2 Å². The summed E-state index contributed by atoms with van der Waals surface area (Å²) < 4.78 is 0.916. The Balaban J connectivity index is 2.28. The van der Waals surface area contributed by atoms with Gasteiger partial charge < -0.3 is 11.1 Å². The fraction of sp³-hybridized carbons (Fsp3) is 0.214. The third-order valence-electron chi connectivity index (χ3n) is 2.82. The molecule has 2 aromatic rings. The maximum Gasteiger partial charge on any atom is 0.107 e. The first-order valence-electron chi connectivity index (χ1n) is 5.90. The van der Waals surface area contributed by atoms with E-state index in [0.717, 1.165) is 15.7 Å². The van der Waals surface area contributed by atoms with Gasteiger partial charge in [-0.25, -0.2) is 0 Å². The van der Waals surface area contributed by atoms with Crippen molar-refractivity contribution in [3.8, 4) is 0 Å². The smallest absolute Gasteiger partial charge is 0.107 e. The quantitative estimate of drug-likeness (QED) is 0.786. The van der Waals surface area contributed by atoms with Crippen molar-refractivity contribution < 1.29 is 0 Å². The number of halogens is 1. The lowest BCUT2D eigenvalue weighted by molar-refractivity contribution is 0.907. The second-order valence-corrected chi connectivity index (χ2v) is 6.95. The van der Waals surface area contributed by atoms with Gasteiger partial charge in [0.25, 0.3) is 0 Å². The molecule has 0 aliphatic heterocycles. The van der Waals surface area contributed by atoms with E-state index in [9.17, 15) is 0 Å². The van der Waals surface area contributed by atoms with E-state index in [-0.39, 0.29) is 6.04 Å². The largest absolute Gasteiger partial charge is 0.389 e. The Kier molecular flexibility index (Phi) is 4.60. The standard InChI is InChI=1S/C14H15BrN2S2/c1-8-6-7-12(19-8)9(2)17-11-5-3-4-10(15)13(11)14(16)18/h3-7,9,17H,1-2H3,(H2,16,18). The summed E-state index contributed by atoms with van der Waals surface area (Å²) in [6.07, 6.45) is 0. The Labute approximate surface area is 131 Å². The van der Waals surface area contributed by atoms with E-state index in [4.69, 9.17) is 18.0 Å². The van der Waals surface area contributed by atoms with Gasteiger partial charge in [-0.2, -0.15) is 0 Å². The van der Waals surface area contributed by atoms with Crippen molar-refractivity contribution in [3.63, 3.8) is 0 Å². The van der Waals surface area contributed by atoms with Crippen molar-refractivity contribution in [3.05, 3.63) is 50.1 Å². The average Bonchev–Trinajstić information content (AvgIpc) is 2.75. The van der Waals surface area contributed by atoms with Gasteiger partial charge in [0.05, 0.1) is 6.04 Å². The van der Waals surface area contributed by atoms with Crippen LogP contribution in [0.3, 0.4) is 0 Å². The molecule has 0 aliphatic carbocycles. The van der Waals surface area contributed by atoms with Gasteiger partial charge in [-0.1, -0.05) is 18.3 Å². The fourth-order valence-corrected chi connectivity index (χ4v) is 3.70. The molecule has 0 amide bonds. The lowest BCUT2D eigenvalue weighted by atomic mass is 10.1. The molecule has 5 heteroatoms. The number of rotatable bonds is 4. The minimum absolute atomic E-state index is 0.223. The van der Waals surface area contributed by atoms with Crippen LogP contribution in [0.25, 0.3) is 0 Å². The summed E-state index contributed by atoms with van der Waals surface area (Å²) in [5, 5.41) is 3.48. The normalized spacial score (nSPS) is 12.2. The summed E-state index contributed by atoms with van der Waals surface area (Å²) in [6.45, 7) is 4.25. The number of nitrogens with two attached hydrogens (primary N) is 1. The zero-order chi connectivity index (χ0) is 14.0. The molecule has 1 heterocycles. The van der Waals surface area contributed by atoms with Gasteiger partial charge in [0.2, 0.25) is 0 Å². The molecular formula is C14H15BrN2S2. The van der Waals surface area contributed by atoms with Crippen LogP contribution >= 0.6 is 39.5 Å². The lowest BCUT2D eigenvalue weighted by Gasteiger charge is -2.17. The van der Waals surface area contributed by atoms with Crippen molar-refractivity contribution in [2.24, 2.45) is 5.73 Å². The summed E-state index contributed by atoms with van der Waals surface area (Å²) >= 11 is 10.4. The van der Waals surface area contributed by atoms with Gasteiger partial charge >= 0.3 is 0 Å². The molecule has 19 heavy (non-hydrogen) atoms. The monoisotopic (exact) mass is 354 g/mol. The topological polar surface area (TPSA) is 38.0 Å². The molecule has 0 aliphatic rings. The number of thiocarbonyl (C=S) groups is 1. The fourth-order valence-electron chi connectivity index (χ4n) is 1.89. The second kappa shape index (κ2) is 6.03. The van der Waals surface area contributed by atoms with Crippen LogP contribution in [0.5, 0.6) is 0 Å². The van der Waals surface area contributed by atoms with Gasteiger partial charge in [-0.05, 0) is 54.0 Å². The second-order valence-electron chi connectivity index (χ2n) is 4.34. The van der Waals surface area contributed by atoms with Crippen LogP contribution in [0.4, 0.5) is 5.69 Å². The number of nitrogens with one attached hydrogen (secondary N) is 1. The predicted octanol–water partition coefficient (Wildman–Crippen LogP) is 4.63. The van der Waals surface area contributed by atoms with Gasteiger partial charge in [0.1, 0.15) is 4.99 Å². The Bertz CT molecular complexity index is 607. The van der Waals surface area contributed by atoms with Crippen molar-refractivity contribution in [2.75, 3.05) is 5.32 Å². The molecule has 1 aromatic carbocycles. The van der Waals surface area contributed by atoms with Crippen molar-refractivity contribution in [1.82, 2.24) is 0 Å². The molecule has 0 fully saturated rings. The van der Waals surface area contributed by atoms with E-state index in [1.54, 1.807) is 11.3 Å². The first-order chi connectivity index (χ1) is 8.99. The summed E-state index contributed by atoms with van der Waals surface area (Å²) in [5.41, 5.74) is 7.62. The van der Waals surface area contributed by atoms with Gasteiger partial charge in [-0.3, -0.25) is 0 Å². The predicted molar refractivity (Wildman–Crippen MR) is 91.1 cm³/mol. The van der Waals surface area contributed by atoms with Crippen molar-refractivity contribution in [1.29, 1.82) is 0 Å². The number of aryl methyl sites for hydroxylation is 1. The highest BCUT2D eigenvalue weighted by Gasteiger charge is 2.13. The lowest BCUT2D eigenvalue weighted by Crippen LogP contribution is -2.15. The van der Waals surface area contributed by atoms with Gasteiger partial charge in [0.15, 0.2) is 0 Å². The van der Waals surface area contributed by atoms with Crippen molar-refractivity contribution >= 4 is 50.2 Å². The summed E-state index contributed by atoms with van der Waals surface area (Å²) in [5.74, 6) is 0. The third kappa shape index (κ3) is 3.35. The average molecular weight is 355 g/mol. The van der Waals surface area contributed by atoms with Crippen LogP contribution in [-0.4, -0.2) is 4.99 Å². The molecule has 1 atom stereocenters. The Morgan fingerprint density at radius 3 is 2.68 bits per heavy atom. The van der Waals surface area contributed by atoms with E-state index >= 15 is 0 Å². The van der Waals surface area contributed by atoms with Crippen LogP contribution in [0.15, 0.2) is 34.8 Å². The van der Waals surface area contributed by atoms with Gasteiger partial charge in [0, 0.05) is 25.5 Å². The highest BCUT2D eigenvalue weighted by atomic mass is 79.9. The third-order valence-corrected chi connectivity index (χ3v) is 4.87. The zero-order valence-electron chi connectivity index (χ0n) is 10.7. The maximum atomic E-state index is 5.80. The SMILES string of the molecule is Cc1ccc(C(C)Nc2cccc(Br)c2C(N)=S)s1. The van der Waals surface area contributed by atoms with Crippen LogP contribution in [0.1, 0.15) is 28.3 Å². The summed E-state index contributed by atoms with van der Waals surface area (Å²) in [6, 6.07) is 10.4. The molecule has 0 saturated carbocycles. The number of thiophene rings is 1. The van der Waals surface area contributed by atoms with Crippen LogP contribution in [0, 0.1) is 6.92 Å². The molecule has 3 N–H and O–H groups in total. The van der Waals surface area contributed by atoms with Crippen molar-refractivity contribution in [2.45, 2.75) is 19.9 Å². The van der Waals surface area contributed by atoms with E-state index in [2.05, 4.69) is 47.2 Å². The van der Waals surface area contributed by atoms with E-state index in [0.29, 0.717) is 4.99 Å². The Morgan fingerprint density at radius 2 is 2.11 bits per heavy atom. The highest BCUT2D eigenvalue weighted by molar-refractivity contribution is 9.10. The zero-order valence-corrected chi connectivity index (χ0v) is 14.0. The molecule has 0 saturated heterocycles. The molecule has 2 nitrogen and oxygen atoms in total. The highest BCUT2D eigenvalue weighted by Crippen LogP contribution is 2.30. The molecule has 1 unspecified atom stereocenters. The van der Waals surface area contributed by atoms with Crippen LogP contribution < -0.4 is 11.1 Å². The first-order valence-corrected chi connectivity index (χ1v) is 7.92. The number of anilines is 1. The maximum absolute atomic E-state index is 5.80. The summed E-state index contributed by atoms with van der Waals surface area (Å²) in [4.78, 5) is 3.00. The van der Waals surface area contributed by atoms with Crippen LogP contribution in [0.2, 0.25) is 0 Å². The first kappa shape index (κ1) is 14.5. The molecule has 100 valence electrons. The number of benzene rings is 1. The molecule has 1 aromatic heterocycles.